The van der Waals surface area contributed by atoms with Crippen LogP contribution in [0.3, 0.4) is 0 Å². The maximum absolute atomic E-state index is 12.3. The van der Waals surface area contributed by atoms with Gasteiger partial charge in [-0.05, 0) is 59.0 Å². The van der Waals surface area contributed by atoms with Crippen molar-refractivity contribution < 1.29 is 23.6 Å². The first-order chi connectivity index (χ1) is 15.5. The smallest absolute Gasteiger partial charge is 0.465 e. The van der Waals surface area contributed by atoms with Gasteiger partial charge in [0, 0.05) is 31.3 Å². The molecule has 2 aromatic rings. The lowest BCUT2D eigenvalue weighted by Gasteiger charge is -2.32. The number of aromatic nitrogens is 2. The molecule has 0 unspecified atom stereocenters. The summed E-state index contributed by atoms with van der Waals surface area (Å²) in [6.07, 6.45) is 1.64. The van der Waals surface area contributed by atoms with Crippen LogP contribution in [0.1, 0.15) is 66.0 Å². The number of ether oxygens (including phenoxy) is 1. The largest absolute Gasteiger partial charge is 0.495 e. The number of likely N-dealkylation sites (tertiary alicyclic amines) is 1. The fraction of sp³-hybridized carbons (Fsp3) is 0.625. The zero-order valence-electron chi connectivity index (χ0n) is 20.5. The number of amides is 1. The van der Waals surface area contributed by atoms with Gasteiger partial charge < -0.3 is 18.9 Å². The summed E-state index contributed by atoms with van der Waals surface area (Å²) < 4.78 is 19.7. The highest BCUT2D eigenvalue weighted by atomic mass is 16.7. The number of hydrogen-bond donors (Lipinski definition) is 0. The van der Waals surface area contributed by atoms with Crippen molar-refractivity contribution >= 4 is 35.4 Å². The minimum Gasteiger partial charge on any atom is -0.465 e. The summed E-state index contributed by atoms with van der Waals surface area (Å²) in [5, 5.41) is 5.88. The molecule has 178 valence electrons. The lowest BCUT2D eigenvalue weighted by Crippen LogP contribution is -2.41. The van der Waals surface area contributed by atoms with E-state index in [4.69, 9.17) is 19.1 Å². The first kappa shape index (κ1) is 23.8. The third-order valence-electron chi connectivity index (χ3n) is 7.26. The Kier molecular flexibility index (Phi) is 6.31. The van der Waals surface area contributed by atoms with E-state index in [2.05, 4.69) is 0 Å². The third-order valence-corrected chi connectivity index (χ3v) is 7.26. The summed E-state index contributed by atoms with van der Waals surface area (Å²) in [5.74, 6) is -0.0416. The highest BCUT2D eigenvalue weighted by Crippen LogP contribution is 2.38. The van der Waals surface area contributed by atoms with Gasteiger partial charge in [0.1, 0.15) is 6.54 Å². The summed E-state index contributed by atoms with van der Waals surface area (Å²) in [7, 11) is -0.532. The van der Waals surface area contributed by atoms with Gasteiger partial charge in [0.15, 0.2) is 0 Å². The standard InChI is InChI=1S/C24H34BN3O5/c1-7-31-20(30)15-28-19-10-8-9-18(25-32-23(3,4)24(5,6)33-25)21(19)22(26-28)17-11-13-27(14-12-17)16(2)29/h8-10,17H,7,11-15H2,1-6H3. The number of carbonyl (C=O) groups is 2. The molecule has 0 N–H and O–H groups in total. The molecule has 2 fully saturated rings. The Morgan fingerprint density at radius 1 is 1.15 bits per heavy atom. The summed E-state index contributed by atoms with van der Waals surface area (Å²) >= 11 is 0. The summed E-state index contributed by atoms with van der Waals surface area (Å²) in [6, 6.07) is 5.95. The van der Waals surface area contributed by atoms with E-state index < -0.39 is 18.3 Å². The number of hydrogen-bond acceptors (Lipinski definition) is 6. The second-order valence-electron chi connectivity index (χ2n) is 9.96. The van der Waals surface area contributed by atoms with Crippen LogP contribution in [-0.4, -0.2) is 64.6 Å². The highest BCUT2D eigenvalue weighted by Gasteiger charge is 2.52. The van der Waals surface area contributed by atoms with Gasteiger partial charge in [-0.3, -0.25) is 14.3 Å². The molecule has 8 nitrogen and oxygen atoms in total. The van der Waals surface area contributed by atoms with Gasteiger partial charge in [-0.2, -0.15) is 5.10 Å². The van der Waals surface area contributed by atoms with Crippen LogP contribution in [0.5, 0.6) is 0 Å². The van der Waals surface area contributed by atoms with Crippen LogP contribution in [0.2, 0.25) is 0 Å². The van der Waals surface area contributed by atoms with Crippen LogP contribution >= 0.6 is 0 Å². The molecule has 1 amide bonds. The zero-order valence-corrected chi connectivity index (χ0v) is 20.5. The fourth-order valence-corrected chi connectivity index (χ4v) is 4.66. The Labute approximate surface area is 195 Å². The molecule has 2 aliphatic heterocycles. The van der Waals surface area contributed by atoms with Crippen LogP contribution in [0.4, 0.5) is 0 Å². The number of carbonyl (C=O) groups excluding carboxylic acids is 2. The SMILES string of the molecule is CCOC(=O)Cn1nc(C2CCN(C(C)=O)CC2)c2c(B3OC(C)(C)C(C)(C)O3)cccc21. The van der Waals surface area contributed by atoms with Gasteiger partial charge in [0.25, 0.3) is 0 Å². The minimum absolute atomic E-state index is 0.0451. The van der Waals surface area contributed by atoms with E-state index in [1.54, 1.807) is 18.5 Å². The van der Waals surface area contributed by atoms with Crippen molar-refractivity contribution in [1.29, 1.82) is 0 Å². The zero-order chi connectivity index (χ0) is 24.0. The Hall–Kier alpha value is -2.39. The summed E-state index contributed by atoms with van der Waals surface area (Å²) in [5.41, 5.74) is 1.79. The Morgan fingerprint density at radius 3 is 2.36 bits per heavy atom. The minimum atomic E-state index is -0.532. The van der Waals surface area contributed by atoms with Gasteiger partial charge in [-0.25, -0.2) is 0 Å². The molecule has 9 heteroatoms. The first-order valence-electron chi connectivity index (χ1n) is 11.8. The van der Waals surface area contributed by atoms with Gasteiger partial charge in [-0.1, -0.05) is 12.1 Å². The maximum Gasteiger partial charge on any atom is 0.495 e. The van der Waals surface area contributed by atoms with Gasteiger partial charge in [0.2, 0.25) is 5.91 Å². The topological polar surface area (TPSA) is 82.9 Å². The van der Waals surface area contributed by atoms with Gasteiger partial charge >= 0.3 is 13.1 Å². The molecule has 2 saturated heterocycles. The molecule has 0 bridgehead atoms. The average Bonchev–Trinajstić information content (AvgIpc) is 3.21. The van der Waals surface area contributed by atoms with Crippen LogP contribution < -0.4 is 5.46 Å². The van der Waals surface area contributed by atoms with Crippen LogP contribution in [0.15, 0.2) is 18.2 Å². The van der Waals surface area contributed by atoms with Crippen LogP contribution in [-0.2, 0) is 30.2 Å². The molecule has 3 heterocycles. The van der Waals surface area contributed by atoms with Gasteiger partial charge in [0.05, 0.1) is 29.0 Å². The van der Waals surface area contributed by atoms with Crippen molar-refractivity contribution in [2.45, 2.75) is 78.0 Å². The maximum atomic E-state index is 12.3. The second kappa shape index (κ2) is 8.76. The molecule has 4 rings (SSSR count). The van der Waals surface area contributed by atoms with E-state index >= 15 is 0 Å². The first-order valence-corrected chi connectivity index (χ1v) is 11.8. The molecular weight excluding hydrogens is 421 g/mol. The van der Waals surface area contributed by atoms with Crippen molar-refractivity contribution in [2.75, 3.05) is 19.7 Å². The average molecular weight is 455 g/mol. The number of piperidine rings is 1. The van der Waals surface area contributed by atoms with Crippen molar-refractivity contribution in [3.63, 3.8) is 0 Å². The van der Waals surface area contributed by atoms with Crippen LogP contribution in [0.25, 0.3) is 10.9 Å². The third kappa shape index (κ3) is 4.40. The molecule has 0 aliphatic carbocycles. The molecule has 1 aromatic heterocycles. The quantitative estimate of drug-likeness (QED) is 0.509. The Bertz CT molecular complexity index is 1040. The predicted octanol–water partition coefficient (Wildman–Crippen LogP) is 2.62. The molecule has 0 saturated carbocycles. The van der Waals surface area contributed by atoms with Crippen molar-refractivity contribution in [3.8, 4) is 0 Å². The number of nitrogens with zero attached hydrogens (tertiary/aromatic N) is 3. The van der Waals surface area contributed by atoms with Gasteiger partial charge in [-0.15, -0.1) is 0 Å². The van der Waals surface area contributed by atoms with Crippen molar-refractivity contribution in [1.82, 2.24) is 14.7 Å². The van der Waals surface area contributed by atoms with Crippen molar-refractivity contribution in [3.05, 3.63) is 23.9 Å². The highest BCUT2D eigenvalue weighted by molar-refractivity contribution is 6.65. The number of fused-ring (bicyclic) bond motifs is 1. The van der Waals surface area contributed by atoms with E-state index in [9.17, 15) is 9.59 Å². The van der Waals surface area contributed by atoms with E-state index in [0.29, 0.717) is 19.7 Å². The summed E-state index contributed by atoms with van der Waals surface area (Å²) in [4.78, 5) is 26.0. The Morgan fingerprint density at radius 2 is 1.79 bits per heavy atom. The molecule has 2 aliphatic rings. The monoisotopic (exact) mass is 455 g/mol. The van der Waals surface area contributed by atoms with E-state index in [1.165, 1.54) is 0 Å². The Balaban J connectivity index is 1.77. The van der Waals surface area contributed by atoms with Crippen molar-refractivity contribution in [2.24, 2.45) is 0 Å². The lowest BCUT2D eigenvalue weighted by atomic mass is 9.75. The fourth-order valence-electron chi connectivity index (χ4n) is 4.66. The number of rotatable bonds is 5. The molecule has 33 heavy (non-hydrogen) atoms. The van der Waals surface area contributed by atoms with E-state index in [0.717, 1.165) is 34.9 Å². The predicted molar refractivity (Wildman–Crippen MR) is 126 cm³/mol. The molecule has 0 spiro atoms. The molecule has 0 atom stereocenters. The number of esters is 1. The van der Waals surface area contributed by atoms with E-state index in [1.807, 2.05) is 50.8 Å². The molecular formula is C24H34BN3O5. The second-order valence-corrected chi connectivity index (χ2v) is 9.96. The van der Waals surface area contributed by atoms with Crippen LogP contribution in [0, 0.1) is 0 Å². The lowest BCUT2D eigenvalue weighted by molar-refractivity contribution is -0.144. The normalized spacial score (nSPS) is 20.4. The summed E-state index contributed by atoms with van der Waals surface area (Å²) in [6.45, 7) is 13.3. The number of benzene rings is 1. The molecule has 1 aromatic carbocycles. The molecule has 0 radical (unpaired) electrons. The van der Waals surface area contributed by atoms with E-state index in [-0.39, 0.29) is 24.3 Å².